The highest BCUT2D eigenvalue weighted by Gasteiger charge is 2.33. The van der Waals surface area contributed by atoms with Crippen molar-refractivity contribution in [1.29, 1.82) is 0 Å². The van der Waals surface area contributed by atoms with Crippen molar-refractivity contribution in [3.05, 3.63) is 47.7 Å². The maximum absolute atomic E-state index is 13.0. The lowest BCUT2D eigenvalue weighted by molar-refractivity contribution is 0.0790. The Kier molecular flexibility index (Phi) is 6.62. The van der Waals surface area contributed by atoms with Crippen LogP contribution in [0.2, 0.25) is 0 Å². The number of hydrogen-bond acceptors (Lipinski definition) is 5. The molecule has 1 saturated carbocycles. The maximum Gasteiger partial charge on any atom is 0.257 e. The Hall–Kier alpha value is -2.76. The first-order valence-electron chi connectivity index (χ1n) is 10.1. The molecule has 1 unspecified atom stereocenters. The zero-order valence-corrected chi connectivity index (χ0v) is 18.0. The van der Waals surface area contributed by atoms with E-state index in [2.05, 4.69) is 17.1 Å². The molecule has 1 atom stereocenters. The molecular weight excluding hydrogens is 366 g/mol. The summed E-state index contributed by atoms with van der Waals surface area (Å²) in [6.07, 6.45) is 5.11. The normalized spacial score (nSPS) is 14.2. The van der Waals surface area contributed by atoms with Crippen molar-refractivity contribution in [2.45, 2.75) is 25.2 Å². The fraction of sp³-hybridized carbons (Fsp3) is 0.478. The second-order valence-corrected chi connectivity index (χ2v) is 7.84. The topological polar surface area (TPSA) is 54.9 Å². The molecule has 1 amide bonds. The van der Waals surface area contributed by atoms with Crippen molar-refractivity contribution in [2.75, 3.05) is 46.8 Å². The van der Waals surface area contributed by atoms with Gasteiger partial charge in [0.25, 0.3) is 5.91 Å². The van der Waals surface area contributed by atoms with E-state index in [9.17, 15) is 4.79 Å². The average Bonchev–Trinajstić information content (AvgIpc) is 3.58. The number of pyridine rings is 1. The van der Waals surface area contributed by atoms with Gasteiger partial charge in [0.15, 0.2) is 11.5 Å². The number of methoxy groups -OCH3 is 2. The quantitative estimate of drug-likeness (QED) is 0.644. The van der Waals surface area contributed by atoms with Gasteiger partial charge in [0.2, 0.25) is 0 Å². The van der Waals surface area contributed by atoms with Crippen LogP contribution in [0.15, 0.2) is 36.5 Å². The third-order valence-corrected chi connectivity index (χ3v) is 5.59. The minimum absolute atomic E-state index is 0.00339. The van der Waals surface area contributed by atoms with Gasteiger partial charge in [-0.3, -0.25) is 4.79 Å². The number of benzene rings is 1. The van der Waals surface area contributed by atoms with Crippen LogP contribution in [0.1, 0.15) is 41.1 Å². The van der Waals surface area contributed by atoms with Crippen LogP contribution in [0.5, 0.6) is 11.5 Å². The van der Waals surface area contributed by atoms with E-state index >= 15 is 0 Å². The monoisotopic (exact) mass is 397 g/mol. The molecule has 1 aromatic carbocycles. The number of carbonyl (C=O) groups is 1. The third-order valence-electron chi connectivity index (χ3n) is 5.59. The number of carbonyl (C=O) groups excluding carboxylic acids is 1. The zero-order chi connectivity index (χ0) is 21.0. The highest BCUT2D eigenvalue weighted by Crippen LogP contribution is 2.46. The van der Waals surface area contributed by atoms with Crippen molar-refractivity contribution < 1.29 is 14.3 Å². The highest BCUT2D eigenvalue weighted by atomic mass is 16.5. The number of rotatable bonds is 9. The van der Waals surface area contributed by atoms with Gasteiger partial charge in [-0.15, -0.1) is 0 Å². The van der Waals surface area contributed by atoms with Gasteiger partial charge in [0.1, 0.15) is 5.82 Å². The highest BCUT2D eigenvalue weighted by molar-refractivity contribution is 5.98. The van der Waals surface area contributed by atoms with Crippen LogP contribution in [0.25, 0.3) is 0 Å². The predicted molar refractivity (Wildman–Crippen MR) is 115 cm³/mol. The lowest BCUT2D eigenvalue weighted by Gasteiger charge is -2.24. The SMILES string of the molecule is COc1ccc(C(CCN(C)C(=O)c2cccnc2N(C)C)C2CC2)cc1OC. The smallest absolute Gasteiger partial charge is 0.257 e. The van der Waals surface area contributed by atoms with Crippen LogP contribution in [-0.4, -0.2) is 57.7 Å². The number of ether oxygens (including phenoxy) is 2. The zero-order valence-electron chi connectivity index (χ0n) is 18.0. The summed E-state index contributed by atoms with van der Waals surface area (Å²) in [5.41, 5.74) is 1.88. The molecule has 1 aromatic heterocycles. The fourth-order valence-electron chi connectivity index (χ4n) is 3.82. The number of amides is 1. The average molecular weight is 398 g/mol. The van der Waals surface area contributed by atoms with Crippen LogP contribution >= 0.6 is 0 Å². The van der Waals surface area contributed by atoms with Crippen LogP contribution in [0, 0.1) is 5.92 Å². The van der Waals surface area contributed by atoms with Gasteiger partial charge >= 0.3 is 0 Å². The molecular formula is C23H31N3O3. The molecule has 29 heavy (non-hydrogen) atoms. The molecule has 0 bridgehead atoms. The molecule has 0 aliphatic heterocycles. The predicted octanol–water partition coefficient (Wildman–Crippen LogP) is 3.82. The van der Waals surface area contributed by atoms with Crippen LogP contribution in [0.3, 0.4) is 0 Å². The summed E-state index contributed by atoms with van der Waals surface area (Å²) in [5, 5.41) is 0. The molecule has 1 aliphatic carbocycles. The summed E-state index contributed by atoms with van der Waals surface area (Å²) < 4.78 is 10.9. The first-order chi connectivity index (χ1) is 14.0. The van der Waals surface area contributed by atoms with Crippen molar-refractivity contribution in [3.63, 3.8) is 0 Å². The summed E-state index contributed by atoms with van der Waals surface area (Å²) in [5.74, 6) is 3.28. The van der Waals surface area contributed by atoms with E-state index < -0.39 is 0 Å². The molecule has 6 heteroatoms. The Labute approximate surface area is 173 Å². The van der Waals surface area contributed by atoms with Gasteiger partial charge < -0.3 is 19.3 Å². The standard InChI is InChI=1S/C23H31N3O3/c1-25(2)22-19(7-6-13-24-22)23(27)26(3)14-12-18(16-8-9-16)17-10-11-20(28-4)21(15-17)29-5/h6-7,10-11,13,15-16,18H,8-9,12,14H2,1-5H3. The van der Waals surface area contributed by atoms with Crippen LogP contribution in [0.4, 0.5) is 5.82 Å². The largest absolute Gasteiger partial charge is 0.493 e. The summed E-state index contributed by atoms with van der Waals surface area (Å²) in [6, 6.07) is 9.82. The van der Waals surface area contributed by atoms with Crippen molar-refractivity contribution in [3.8, 4) is 11.5 Å². The Balaban J connectivity index is 1.72. The summed E-state index contributed by atoms with van der Waals surface area (Å²) >= 11 is 0. The molecule has 0 saturated heterocycles. The van der Waals surface area contributed by atoms with E-state index in [0.717, 1.165) is 17.9 Å². The Morgan fingerprint density at radius 1 is 1.14 bits per heavy atom. The van der Waals surface area contributed by atoms with E-state index in [1.807, 2.05) is 44.2 Å². The lowest BCUT2D eigenvalue weighted by Crippen LogP contribution is -2.30. The number of nitrogens with zero attached hydrogens (tertiary/aromatic N) is 3. The first-order valence-corrected chi connectivity index (χ1v) is 10.1. The van der Waals surface area contributed by atoms with Gasteiger partial charge in [-0.1, -0.05) is 6.07 Å². The first kappa shape index (κ1) is 21.0. The van der Waals surface area contributed by atoms with Crippen LogP contribution in [-0.2, 0) is 0 Å². The van der Waals surface area contributed by atoms with E-state index in [4.69, 9.17) is 9.47 Å². The van der Waals surface area contributed by atoms with E-state index in [0.29, 0.717) is 29.8 Å². The molecule has 3 rings (SSSR count). The van der Waals surface area contributed by atoms with Gasteiger partial charge in [-0.05, 0) is 60.9 Å². The summed E-state index contributed by atoms with van der Waals surface area (Å²) in [6.45, 7) is 0.691. The van der Waals surface area contributed by atoms with Gasteiger partial charge in [0.05, 0.1) is 19.8 Å². The number of hydrogen-bond donors (Lipinski definition) is 0. The molecule has 156 valence electrons. The maximum atomic E-state index is 13.0. The van der Waals surface area contributed by atoms with Gasteiger partial charge in [-0.25, -0.2) is 4.98 Å². The van der Waals surface area contributed by atoms with Gasteiger partial charge in [0, 0.05) is 33.9 Å². The molecule has 0 N–H and O–H groups in total. The molecule has 1 fully saturated rings. The minimum atomic E-state index is 0.00339. The third kappa shape index (κ3) is 4.81. The molecule has 1 heterocycles. The summed E-state index contributed by atoms with van der Waals surface area (Å²) in [4.78, 5) is 21.0. The Morgan fingerprint density at radius 3 is 2.48 bits per heavy atom. The molecule has 0 spiro atoms. The van der Waals surface area contributed by atoms with Gasteiger partial charge in [-0.2, -0.15) is 0 Å². The molecule has 2 aromatic rings. The van der Waals surface area contributed by atoms with E-state index in [1.54, 1.807) is 25.3 Å². The molecule has 1 aliphatic rings. The lowest BCUT2D eigenvalue weighted by atomic mass is 9.90. The second kappa shape index (κ2) is 9.16. The Morgan fingerprint density at radius 2 is 1.86 bits per heavy atom. The minimum Gasteiger partial charge on any atom is -0.493 e. The van der Waals surface area contributed by atoms with Crippen molar-refractivity contribution >= 4 is 11.7 Å². The van der Waals surface area contributed by atoms with E-state index in [1.165, 1.54) is 18.4 Å². The number of anilines is 1. The Bertz CT molecular complexity index is 849. The molecule has 0 radical (unpaired) electrons. The van der Waals surface area contributed by atoms with E-state index in [-0.39, 0.29) is 5.91 Å². The number of aromatic nitrogens is 1. The van der Waals surface area contributed by atoms with Crippen molar-refractivity contribution in [1.82, 2.24) is 9.88 Å². The summed E-state index contributed by atoms with van der Waals surface area (Å²) in [7, 11) is 8.99. The fourth-order valence-corrected chi connectivity index (χ4v) is 3.82. The molecule has 6 nitrogen and oxygen atoms in total. The second-order valence-electron chi connectivity index (χ2n) is 7.84. The van der Waals surface area contributed by atoms with Crippen LogP contribution < -0.4 is 14.4 Å². The van der Waals surface area contributed by atoms with Crippen molar-refractivity contribution in [2.24, 2.45) is 5.92 Å².